The Morgan fingerprint density at radius 3 is 2.75 bits per heavy atom. The number of hydrogen-bond acceptors (Lipinski definition) is 5. The molecule has 2 N–H and O–H groups in total. The molecule has 0 spiro atoms. The van der Waals surface area contributed by atoms with E-state index in [9.17, 15) is 8.42 Å². The first-order valence-electron chi connectivity index (χ1n) is 6.82. The molecule has 0 atom stereocenters. The lowest BCUT2D eigenvalue weighted by atomic mass is 10.3. The molecule has 20 heavy (non-hydrogen) atoms. The molecule has 0 aliphatic rings. The quantitative estimate of drug-likeness (QED) is 0.646. The summed E-state index contributed by atoms with van der Waals surface area (Å²) in [6, 6.07) is 0. The molecule has 1 aromatic heterocycles. The first-order chi connectivity index (χ1) is 9.53. The van der Waals surface area contributed by atoms with Gasteiger partial charge >= 0.3 is 0 Å². The number of aryl methyl sites for hydroxylation is 1. The second kappa shape index (κ2) is 8.74. The highest BCUT2D eigenvalue weighted by Crippen LogP contribution is 2.26. The van der Waals surface area contributed by atoms with Crippen LogP contribution in [-0.2, 0) is 21.3 Å². The van der Waals surface area contributed by atoms with Gasteiger partial charge in [-0.1, -0.05) is 6.92 Å². The van der Waals surface area contributed by atoms with E-state index in [1.54, 1.807) is 0 Å². The van der Waals surface area contributed by atoms with Gasteiger partial charge < -0.3 is 10.1 Å². The van der Waals surface area contributed by atoms with E-state index in [-0.39, 0.29) is 0 Å². The minimum atomic E-state index is -3.43. The topological polar surface area (TPSA) is 67.4 Å². The van der Waals surface area contributed by atoms with Crippen LogP contribution in [0.2, 0.25) is 0 Å². The summed E-state index contributed by atoms with van der Waals surface area (Å²) < 4.78 is 32.6. The Balaban J connectivity index is 2.58. The molecule has 0 saturated carbocycles. The summed E-state index contributed by atoms with van der Waals surface area (Å²) >= 11 is 1.47. The number of thiophene rings is 1. The van der Waals surface area contributed by atoms with Crippen molar-refractivity contribution in [1.29, 1.82) is 0 Å². The highest BCUT2D eigenvalue weighted by molar-refractivity contribution is 7.89. The third-order valence-corrected chi connectivity index (χ3v) is 5.63. The molecule has 0 unspecified atom stereocenters. The lowest BCUT2D eigenvalue weighted by Gasteiger charge is -2.09. The fraction of sp³-hybridized carbons (Fsp3) is 0.692. The van der Waals surface area contributed by atoms with E-state index < -0.39 is 10.0 Å². The van der Waals surface area contributed by atoms with Crippen molar-refractivity contribution in [1.82, 2.24) is 10.0 Å². The van der Waals surface area contributed by atoms with Gasteiger partial charge in [-0.3, -0.25) is 0 Å². The summed E-state index contributed by atoms with van der Waals surface area (Å²) in [4.78, 5) is 1.27. The molecule has 1 rings (SSSR count). The van der Waals surface area contributed by atoms with E-state index in [1.807, 2.05) is 26.3 Å². The fourth-order valence-corrected chi connectivity index (χ4v) is 4.72. The van der Waals surface area contributed by atoms with Crippen LogP contribution in [0.4, 0.5) is 0 Å². The van der Waals surface area contributed by atoms with Crippen LogP contribution in [0.3, 0.4) is 0 Å². The van der Waals surface area contributed by atoms with Gasteiger partial charge in [-0.05, 0) is 37.8 Å². The first kappa shape index (κ1) is 17.6. The van der Waals surface area contributed by atoms with E-state index in [1.165, 1.54) is 11.3 Å². The summed E-state index contributed by atoms with van der Waals surface area (Å²) in [6.07, 6.45) is 1.66. The number of ether oxygens (including phenoxy) is 1. The van der Waals surface area contributed by atoms with Gasteiger partial charge in [0.1, 0.15) is 4.90 Å². The first-order valence-corrected chi connectivity index (χ1v) is 9.18. The molecule has 0 aliphatic heterocycles. The standard InChI is InChI=1S/C13H24N2O3S2/c1-4-7-18-8-5-6-15-20(16,17)13-11(2)10-19-12(13)9-14-3/h10,14-15H,4-9H2,1-3H3. The second-order valence-corrected chi connectivity index (χ2v) is 7.23. The van der Waals surface area contributed by atoms with E-state index in [0.29, 0.717) is 31.0 Å². The zero-order valence-corrected chi connectivity index (χ0v) is 14.0. The van der Waals surface area contributed by atoms with Crippen LogP contribution in [0.15, 0.2) is 10.3 Å². The zero-order chi connectivity index (χ0) is 15.0. The monoisotopic (exact) mass is 320 g/mol. The zero-order valence-electron chi connectivity index (χ0n) is 12.4. The van der Waals surface area contributed by atoms with Crippen LogP contribution in [0.1, 0.15) is 30.2 Å². The van der Waals surface area contributed by atoms with Gasteiger partial charge in [0, 0.05) is 31.2 Å². The molecular weight excluding hydrogens is 296 g/mol. The van der Waals surface area contributed by atoms with Crippen LogP contribution >= 0.6 is 11.3 Å². The third-order valence-electron chi connectivity index (χ3n) is 2.70. The number of nitrogens with one attached hydrogen (secondary N) is 2. The Bertz CT molecular complexity index is 498. The molecule has 0 fully saturated rings. The summed E-state index contributed by atoms with van der Waals surface area (Å²) in [5, 5.41) is 4.88. The van der Waals surface area contributed by atoms with Gasteiger partial charge in [0.15, 0.2) is 0 Å². The minimum Gasteiger partial charge on any atom is -0.381 e. The molecule has 1 heterocycles. The normalized spacial score (nSPS) is 11.9. The predicted octanol–water partition coefficient (Wildman–Crippen LogP) is 1.87. The SMILES string of the molecule is CCCOCCCNS(=O)(=O)c1c(C)csc1CNC. The summed E-state index contributed by atoms with van der Waals surface area (Å²) in [5.41, 5.74) is 0.801. The molecular formula is C13H24N2O3S2. The average Bonchev–Trinajstić information content (AvgIpc) is 2.76. The number of rotatable bonds is 10. The van der Waals surface area contributed by atoms with Crippen LogP contribution in [0, 0.1) is 6.92 Å². The van der Waals surface area contributed by atoms with E-state index in [4.69, 9.17) is 4.74 Å². The highest BCUT2D eigenvalue weighted by atomic mass is 32.2. The summed E-state index contributed by atoms with van der Waals surface area (Å²) in [7, 11) is -1.62. The maximum absolute atomic E-state index is 12.3. The van der Waals surface area contributed by atoms with Crippen molar-refractivity contribution >= 4 is 21.4 Å². The molecule has 5 nitrogen and oxygen atoms in total. The summed E-state index contributed by atoms with van der Waals surface area (Å²) in [5.74, 6) is 0. The molecule has 0 radical (unpaired) electrons. The smallest absolute Gasteiger partial charge is 0.241 e. The second-order valence-electron chi connectivity index (χ2n) is 4.57. The fourth-order valence-electron chi connectivity index (χ4n) is 1.83. The van der Waals surface area contributed by atoms with Crippen molar-refractivity contribution in [3.05, 3.63) is 15.8 Å². The molecule has 0 saturated heterocycles. The van der Waals surface area contributed by atoms with Crippen LogP contribution in [0.5, 0.6) is 0 Å². The minimum absolute atomic E-state index is 0.403. The van der Waals surface area contributed by atoms with Crippen molar-refractivity contribution in [2.24, 2.45) is 0 Å². The number of hydrogen-bond donors (Lipinski definition) is 2. The van der Waals surface area contributed by atoms with E-state index in [0.717, 1.165) is 23.5 Å². The average molecular weight is 320 g/mol. The van der Waals surface area contributed by atoms with E-state index >= 15 is 0 Å². The van der Waals surface area contributed by atoms with Crippen molar-refractivity contribution < 1.29 is 13.2 Å². The predicted molar refractivity (Wildman–Crippen MR) is 82.7 cm³/mol. The largest absolute Gasteiger partial charge is 0.381 e. The van der Waals surface area contributed by atoms with Gasteiger partial charge in [-0.15, -0.1) is 11.3 Å². The molecule has 1 aromatic rings. The molecule has 0 aliphatic carbocycles. The van der Waals surface area contributed by atoms with Crippen molar-refractivity contribution in [3.8, 4) is 0 Å². The van der Waals surface area contributed by atoms with Crippen molar-refractivity contribution in [3.63, 3.8) is 0 Å². The Morgan fingerprint density at radius 1 is 1.35 bits per heavy atom. The molecule has 116 valence electrons. The van der Waals surface area contributed by atoms with Gasteiger partial charge in [-0.2, -0.15) is 0 Å². The molecule has 0 aromatic carbocycles. The van der Waals surface area contributed by atoms with Crippen LogP contribution < -0.4 is 10.0 Å². The lowest BCUT2D eigenvalue weighted by molar-refractivity contribution is 0.133. The van der Waals surface area contributed by atoms with Crippen molar-refractivity contribution in [2.45, 2.75) is 38.1 Å². The molecule has 7 heteroatoms. The number of sulfonamides is 1. The lowest BCUT2D eigenvalue weighted by Crippen LogP contribution is -2.27. The van der Waals surface area contributed by atoms with Crippen LogP contribution in [0.25, 0.3) is 0 Å². The van der Waals surface area contributed by atoms with Gasteiger partial charge in [0.05, 0.1) is 0 Å². The Labute approximate surface area is 125 Å². The van der Waals surface area contributed by atoms with Gasteiger partial charge in [0.2, 0.25) is 10.0 Å². The molecule has 0 amide bonds. The highest BCUT2D eigenvalue weighted by Gasteiger charge is 2.22. The van der Waals surface area contributed by atoms with E-state index in [2.05, 4.69) is 10.0 Å². The maximum Gasteiger partial charge on any atom is 0.241 e. The Hall–Kier alpha value is -0.470. The summed E-state index contributed by atoms with van der Waals surface area (Å²) in [6.45, 7) is 6.15. The Morgan fingerprint density at radius 2 is 2.10 bits per heavy atom. The van der Waals surface area contributed by atoms with Gasteiger partial charge in [0.25, 0.3) is 0 Å². The maximum atomic E-state index is 12.3. The molecule has 0 bridgehead atoms. The van der Waals surface area contributed by atoms with Crippen molar-refractivity contribution in [2.75, 3.05) is 26.8 Å². The van der Waals surface area contributed by atoms with Gasteiger partial charge in [-0.25, -0.2) is 13.1 Å². The third kappa shape index (κ3) is 5.14. The van der Waals surface area contributed by atoms with Crippen LogP contribution in [-0.4, -0.2) is 35.2 Å². The Kier molecular flexibility index (Phi) is 7.68.